The summed E-state index contributed by atoms with van der Waals surface area (Å²) in [6.07, 6.45) is 0. The van der Waals surface area contributed by atoms with E-state index < -0.39 is 5.82 Å². The number of halogens is 4. The summed E-state index contributed by atoms with van der Waals surface area (Å²) in [6, 6.07) is 9.96. The quantitative estimate of drug-likeness (QED) is 0.591. The maximum Gasteiger partial charge on any atom is 0.165 e. The van der Waals surface area contributed by atoms with Crippen LogP contribution in [-0.2, 0) is 5.88 Å². The van der Waals surface area contributed by atoms with Crippen LogP contribution in [0.15, 0.2) is 45.3 Å². The zero-order valence-corrected chi connectivity index (χ0v) is 13.0. The molecule has 5 heteroatoms. The monoisotopic (exact) mass is 392 g/mol. The molecule has 0 aliphatic rings. The molecule has 0 aliphatic carbocycles. The van der Waals surface area contributed by atoms with Crippen LogP contribution in [0.2, 0.25) is 0 Å². The summed E-state index contributed by atoms with van der Waals surface area (Å²) in [4.78, 5) is 0. The maximum absolute atomic E-state index is 13.6. The van der Waals surface area contributed by atoms with E-state index in [0.717, 1.165) is 14.5 Å². The van der Waals surface area contributed by atoms with E-state index in [4.69, 9.17) is 16.3 Å². The molecule has 0 N–H and O–H groups in total. The third-order valence-electron chi connectivity index (χ3n) is 2.28. The van der Waals surface area contributed by atoms with E-state index in [1.54, 1.807) is 18.2 Å². The molecule has 0 heterocycles. The Labute approximate surface area is 126 Å². The predicted molar refractivity (Wildman–Crippen MR) is 77.9 cm³/mol. The standard InChI is InChI=1S/C13H8Br2ClFO/c14-9-2-4-12(8(5-9)7-16)18-13-6-10(15)1-3-11(13)17/h1-6H,7H2. The Bertz CT molecular complexity index is 575. The zero-order valence-electron chi connectivity index (χ0n) is 9.09. The van der Waals surface area contributed by atoms with Crippen molar-refractivity contribution in [1.29, 1.82) is 0 Å². The SMILES string of the molecule is Fc1ccc(Br)cc1Oc1ccc(Br)cc1CCl. The van der Waals surface area contributed by atoms with Crippen LogP contribution in [0.1, 0.15) is 5.56 Å². The molecule has 0 spiro atoms. The zero-order chi connectivity index (χ0) is 13.1. The van der Waals surface area contributed by atoms with Crippen molar-refractivity contribution in [3.05, 3.63) is 56.7 Å². The summed E-state index contributed by atoms with van der Waals surface area (Å²) in [5.74, 6) is 0.592. The van der Waals surface area contributed by atoms with E-state index in [-0.39, 0.29) is 5.75 Å². The van der Waals surface area contributed by atoms with Gasteiger partial charge < -0.3 is 4.74 Å². The lowest BCUT2D eigenvalue weighted by Gasteiger charge is -2.11. The highest BCUT2D eigenvalue weighted by molar-refractivity contribution is 9.10. The average molecular weight is 394 g/mol. The second kappa shape index (κ2) is 6.04. The molecule has 0 radical (unpaired) electrons. The van der Waals surface area contributed by atoms with Crippen molar-refractivity contribution in [2.75, 3.05) is 0 Å². The van der Waals surface area contributed by atoms with Gasteiger partial charge in [0.2, 0.25) is 0 Å². The first-order chi connectivity index (χ1) is 8.60. The van der Waals surface area contributed by atoms with E-state index in [0.29, 0.717) is 11.6 Å². The van der Waals surface area contributed by atoms with Crippen LogP contribution in [0, 0.1) is 5.82 Å². The summed E-state index contributed by atoms with van der Waals surface area (Å²) in [5, 5.41) is 0. The van der Waals surface area contributed by atoms with Crippen LogP contribution in [0.3, 0.4) is 0 Å². The highest BCUT2D eigenvalue weighted by atomic mass is 79.9. The van der Waals surface area contributed by atoms with Gasteiger partial charge in [0.05, 0.1) is 5.88 Å². The van der Waals surface area contributed by atoms with Crippen LogP contribution < -0.4 is 4.74 Å². The first-order valence-corrected chi connectivity index (χ1v) is 7.19. The Balaban J connectivity index is 2.36. The average Bonchev–Trinajstić information content (AvgIpc) is 2.36. The first-order valence-electron chi connectivity index (χ1n) is 5.07. The third kappa shape index (κ3) is 3.25. The third-order valence-corrected chi connectivity index (χ3v) is 3.55. The smallest absolute Gasteiger partial charge is 0.165 e. The Hall–Kier alpha value is -0.580. The van der Waals surface area contributed by atoms with Gasteiger partial charge in [-0.1, -0.05) is 31.9 Å². The summed E-state index contributed by atoms with van der Waals surface area (Å²) in [6.45, 7) is 0. The lowest BCUT2D eigenvalue weighted by Crippen LogP contribution is -1.92. The highest BCUT2D eigenvalue weighted by Crippen LogP contribution is 2.32. The van der Waals surface area contributed by atoms with Gasteiger partial charge in [0, 0.05) is 14.5 Å². The van der Waals surface area contributed by atoms with Gasteiger partial charge in [0.15, 0.2) is 11.6 Å². The van der Waals surface area contributed by atoms with E-state index in [1.807, 2.05) is 12.1 Å². The van der Waals surface area contributed by atoms with Gasteiger partial charge in [-0.25, -0.2) is 4.39 Å². The van der Waals surface area contributed by atoms with E-state index in [2.05, 4.69) is 31.9 Å². The largest absolute Gasteiger partial charge is 0.454 e. The maximum atomic E-state index is 13.6. The fourth-order valence-electron chi connectivity index (χ4n) is 1.43. The van der Waals surface area contributed by atoms with Gasteiger partial charge in [-0.05, 0) is 36.4 Å². The lowest BCUT2D eigenvalue weighted by molar-refractivity contribution is 0.438. The first kappa shape index (κ1) is 13.8. The summed E-state index contributed by atoms with van der Waals surface area (Å²) >= 11 is 12.5. The van der Waals surface area contributed by atoms with Crippen molar-refractivity contribution in [1.82, 2.24) is 0 Å². The molecule has 0 saturated carbocycles. The molecule has 0 fully saturated rings. The fraction of sp³-hybridized carbons (Fsp3) is 0.0769. The highest BCUT2D eigenvalue weighted by Gasteiger charge is 2.09. The molecule has 0 saturated heterocycles. The molecule has 1 nitrogen and oxygen atoms in total. The Morgan fingerprint density at radius 2 is 1.67 bits per heavy atom. The molecule has 2 rings (SSSR count). The van der Waals surface area contributed by atoms with E-state index in [1.165, 1.54) is 6.07 Å². The molecular weight excluding hydrogens is 386 g/mol. The van der Waals surface area contributed by atoms with E-state index in [9.17, 15) is 4.39 Å². The van der Waals surface area contributed by atoms with Crippen LogP contribution >= 0.6 is 43.5 Å². The summed E-state index contributed by atoms with van der Waals surface area (Å²) < 4.78 is 20.8. The van der Waals surface area contributed by atoms with Gasteiger partial charge >= 0.3 is 0 Å². The molecule has 2 aromatic carbocycles. The molecule has 0 aromatic heterocycles. The Kier molecular flexibility index (Phi) is 4.65. The van der Waals surface area contributed by atoms with Crippen LogP contribution in [0.5, 0.6) is 11.5 Å². The Morgan fingerprint density at radius 3 is 2.39 bits per heavy atom. The second-order valence-corrected chi connectivity index (χ2v) is 5.66. The molecule has 0 aliphatic heterocycles. The van der Waals surface area contributed by atoms with Crippen LogP contribution in [-0.4, -0.2) is 0 Å². The van der Waals surface area contributed by atoms with Crippen molar-refractivity contribution in [2.24, 2.45) is 0 Å². The molecule has 0 unspecified atom stereocenters. The number of hydrogen-bond acceptors (Lipinski definition) is 1. The van der Waals surface area contributed by atoms with Crippen LogP contribution in [0.4, 0.5) is 4.39 Å². The Morgan fingerprint density at radius 1 is 1.00 bits per heavy atom. The predicted octanol–water partition coefficient (Wildman–Crippen LogP) is 5.88. The number of rotatable bonds is 3. The molecule has 0 amide bonds. The minimum Gasteiger partial charge on any atom is -0.454 e. The molecule has 94 valence electrons. The van der Waals surface area contributed by atoms with Gasteiger partial charge in [-0.2, -0.15) is 0 Å². The minimum absolute atomic E-state index is 0.165. The van der Waals surface area contributed by atoms with Crippen molar-refractivity contribution >= 4 is 43.5 Å². The second-order valence-electron chi connectivity index (χ2n) is 3.56. The number of ether oxygens (including phenoxy) is 1. The molecule has 0 atom stereocenters. The summed E-state index contributed by atoms with van der Waals surface area (Å²) in [5.41, 5.74) is 0.797. The fourth-order valence-corrected chi connectivity index (χ4v) is 2.38. The topological polar surface area (TPSA) is 9.23 Å². The summed E-state index contributed by atoms with van der Waals surface area (Å²) in [7, 11) is 0. The van der Waals surface area contributed by atoms with Gasteiger partial charge in [0.25, 0.3) is 0 Å². The van der Waals surface area contributed by atoms with Gasteiger partial charge in [-0.15, -0.1) is 11.6 Å². The normalized spacial score (nSPS) is 10.4. The van der Waals surface area contributed by atoms with Crippen molar-refractivity contribution in [3.8, 4) is 11.5 Å². The number of hydrogen-bond donors (Lipinski definition) is 0. The molecule has 18 heavy (non-hydrogen) atoms. The molecule has 0 bridgehead atoms. The van der Waals surface area contributed by atoms with Crippen LogP contribution in [0.25, 0.3) is 0 Å². The molecular formula is C13H8Br2ClFO. The number of alkyl halides is 1. The number of benzene rings is 2. The van der Waals surface area contributed by atoms with Crippen molar-refractivity contribution in [2.45, 2.75) is 5.88 Å². The van der Waals surface area contributed by atoms with Gasteiger partial charge in [-0.3, -0.25) is 0 Å². The minimum atomic E-state index is -0.415. The van der Waals surface area contributed by atoms with E-state index >= 15 is 0 Å². The van der Waals surface area contributed by atoms with Crippen molar-refractivity contribution in [3.63, 3.8) is 0 Å². The lowest BCUT2D eigenvalue weighted by atomic mass is 10.2. The van der Waals surface area contributed by atoms with Gasteiger partial charge in [0.1, 0.15) is 5.75 Å². The van der Waals surface area contributed by atoms with Crippen molar-refractivity contribution < 1.29 is 9.13 Å². The molecule has 2 aromatic rings.